The number of hydrogen-bond donors (Lipinski definition) is 1. The van der Waals surface area contributed by atoms with Gasteiger partial charge in [-0.3, -0.25) is 9.78 Å². The summed E-state index contributed by atoms with van der Waals surface area (Å²) < 4.78 is 5.67. The number of ether oxygens (including phenoxy) is 1. The summed E-state index contributed by atoms with van der Waals surface area (Å²) in [5.74, 6) is 1.11. The SMILES string of the molecule is Cc1ccc2c(c1)nc(N)c1ncc(CCc3ccc(OCC(=O)c4ccccc4)cc3)cc12. The van der Waals surface area contributed by atoms with E-state index in [1.807, 2.05) is 55.6 Å². The van der Waals surface area contributed by atoms with Crippen molar-refractivity contribution in [1.29, 1.82) is 0 Å². The van der Waals surface area contributed by atoms with Crippen molar-refractivity contribution in [2.75, 3.05) is 12.3 Å². The average molecular weight is 448 g/mol. The van der Waals surface area contributed by atoms with Crippen molar-refractivity contribution >= 4 is 33.4 Å². The van der Waals surface area contributed by atoms with E-state index in [2.05, 4.69) is 34.2 Å². The molecule has 5 rings (SSSR count). The summed E-state index contributed by atoms with van der Waals surface area (Å²) in [5.41, 5.74) is 12.0. The van der Waals surface area contributed by atoms with Crippen molar-refractivity contribution in [3.8, 4) is 5.75 Å². The summed E-state index contributed by atoms with van der Waals surface area (Å²) in [4.78, 5) is 21.3. The zero-order valence-electron chi connectivity index (χ0n) is 19.0. The van der Waals surface area contributed by atoms with Crippen molar-refractivity contribution in [1.82, 2.24) is 9.97 Å². The largest absolute Gasteiger partial charge is 0.485 e. The summed E-state index contributed by atoms with van der Waals surface area (Å²) >= 11 is 0. The minimum atomic E-state index is -0.0352. The van der Waals surface area contributed by atoms with Crippen molar-refractivity contribution in [3.05, 3.63) is 107 Å². The number of Topliss-reactive ketones (excluding diaryl/α,β-unsaturated/α-hetero) is 1. The van der Waals surface area contributed by atoms with Crippen molar-refractivity contribution < 1.29 is 9.53 Å². The van der Waals surface area contributed by atoms with Gasteiger partial charge in [0.25, 0.3) is 0 Å². The van der Waals surface area contributed by atoms with Crippen LogP contribution in [0.3, 0.4) is 0 Å². The van der Waals surface area contributed by atoms with Gasteiger partial charge in [0, 0.05) is 22.5 Å². The second-order valence-corrected chi connectivity index (χ2v) is 8.48. The Bertz CT molecular complexity index is 1480. The molecule has 0 spiro atoms. The van der Waals surface area contributed by atoms with E-state index in [1.165, 1.54) is 5.56 Å². The first kappa shape index (κ1) is 21.6. The number of rotatable bonds is 7. The number of carbonyl (C=O) groups excluding carboxylic acids is 1. The summed E-state index contributed by atoms with van der Waals surface area (Å²) in [6.07, 6.45) is 3.60. The standard InChI is InChI=1S/C29H25N3O2/c1-19-7-14-24-25-16-21(17-31-28(25)29(30)32-26(24)15-19)9-8-20-10-12-23(13-11-20)34-18-27(33)22-5-3-2-4-6-22/h2-7,10-17H,8-9,18H2,1H3,(H2,30,32). The molecule has 168 valence electrons. The highest BCUT2D eigenvalue weighted by molar-refractivity contribution is 6.08. The fourth-order valence-electron chi connectivity index (χ4n) is 4.10. The number of hydrogen-bond acceptors (Lipinski definition) is 5. The van der Waals surface area contributed by atoms with Crippen LogP contribution in [0.1, 0.15) is 27.0 Å². The van der Waals surface area contributed by atoms with Gasteiger partial charge in [0.1, 0.15) is 11.3 Å². The second kappa shape index (κ2) is 9.32. The minimum Gasteiger partial charge on any atom is -0.485 e. The first-order valence-electron chi connectivity index (χ1n) is 11.3. The molecule has 2 aromatic heterocycles. The van der Waals surface area contributed by atoms with Gasteiger partial charge in [-0.2, -0.15) is 0 Å². The molecule has 2 heterocycles. The summed E-state index contributed by atoms with van der Waals surface area (Å²) in [6, 6.07) is 25.5. The van der Waals surface area contributed by atoms with Gasteiger partial charge in [-0.05, 0) is 60.7 Å². The van der Waals surface area contributed by atoms with Gasteiger partial charge >= 0.3 is 0 Å². The molecular formula is C29H25N3O2. The Hall–Kier alpha value is -4.25. The molecule has 34 heavy (non-hydrogen) atoms. The van der Waals surface area contributed by atoms with E-state index in [4.69, 9.17) is 10.5 Å². The van der Waals surface area contributed by atoms with Crippen LogP contribution in [0.25, 0.3) is 21.8 Å². The number of carbonyl (C=O) groups is 1. The Balaban J connectivity index is 1.26. The maximum Gasteiger partial charge on any atom is 0.200 e. The van der Waals surface area contributed by atoms with E-state index >= 15 is 0 Å². The number of aryl methyl sites for hydroxylation is 3. The number of fused-ring (bicyclic) bond motifs is 3. The number of pyridine rings is 2. The predicted molar refractivity (Wildman–Crippen MR) is 136 cm³/mol. The molecule has 5 heteroatoms. The van der Waals surface area contributed by atoms with E-state index < -0.39 is 0 Å². The molecule has 0 amide bonds. The quantitative estimate of drug-likeness (QED) is 0.255. The maximum atomic E-state index is 12.2. The van der Waals surface area contributed by atoms with Gasteiger partial charge in [-0.25, -0.2) is 4.98 Å². The molecule has 3 aromatic carbocycles. The van der Waals surface area contributed by atoms with Crippen LogP contribution in [-0.2, 0) is 12.8 Å². The molecule has 5 aromatic rings. The number of nitrogen functional groups attached to an aromatic ring is 1. The molecule has 0 atom stereocenters. The number of ketones is 1. The smallest absolute Gasteiger partial charge is 0.200 e. The van der Waals surface area contributed by atoms with Crippen LogP contribution in [0.15, 0.2) is 85.1 Å². The Morgan fingerprint density at radius 3 is 2.44 bits per heavy atom. The van der Waals surface area contributed by atoms with E-state index in [-0.39, 0.29) is 12.4 Å². The molecule has 0 bridgehead atoms. The summed E-state index contributed by atoms with van der Waals surface area (Å²) in [7, 11) is 0. The van der Waals surface area contributed by atoms with Gasteiger partial charge in [0.2, 0.25) is 0 Å². The normalized spacial score (nSPS) is 11.1. The molecule has 0 aliphatic carbocycles. The first-order valence-corrected chi connectivity index (χ1v) is 11.3. The second-order valence-electron chi connectivity index (χ2n) is 8.48. The molecule has 0 radical (unpaired) electrons. The van der Waals surface area contributed by atoms with E-state index in [0.717, 1.165) is 45.8 Å². The van der Waals surface area contributed by atoms with Crippen LogP contribution in [-0.4, -0.2) is 22.4 Å². The lowest BCUT2D eigenvalue weighted by atomic mass is 10.0. The lowest BCUT2D eigenvalue weighted by Crippen LogP contribution is -2.11. The van der Waals surface area contributed by atoms with Crippen molar-refractivity contribution in [3.63, 3.8) is 0 Å². The molecule has 0 aliphatic rings. The van der Waals surface area contributed by atoms with Crippen LogP contribution < -0.4 is 10.5 Å². The lowest BCUT2D eigenvalue weighted by Gasteiger charge is -2.09. The Labute approximate surface area is 198 Å². The molecular weight excluding hydrogens is 422 g/mol. The number of benzene rings is 3. The highest BCUT2D eigenvalue weighted by atomic mass is 16.5. The van der Waals surface area contributed by atoms with E-state index in [1.54, 1.807) is 12.1 Å². The lowest BCUT2D eigenvalue weighted by molar-refractivity contribution is 0.0921. The Kier molecular flexibility index (Phi) is 5.91. The molecule has 0 saturated carbocycles. The first-order chi connectivity index (χ1) is 16.6. The fourth-order valence-corrected chi connectivity index (χ4v) is 4.10. The van der Waals surface area contributed by atoms with E-state index in [9.17, 15) is 4.79 Å². The minimum absolute atomic E-state index is 0.0254. The fraction of sp³-hybridized carbons (Fsp3) is 0.138. The third-order valence-corrected chi connectivity index (χ3v) is 5.96. The van der Waals surface area contributed by atoms with Gasteiger partial charge < -0.3 is 10.5 Å². The zero-order chi connectivity index (χ0) is 23.5. The van der Waals surface area contributed by atoms with Crippen LogP contribution in [0.4, 0.5) is 5.82 Å². The molecule has 2 N–H and O–H groups in total. The third-order valence-electron chi connectivity index (χ3n) is 5.96. The van der Waals surface area contributed by atoms with Gasteiger partial charge in [0.15, 0.2) is 18.2 Å². The van der Waals surface area contributed by atoms with Crippen LogP contribution in [0.5, 0.6) is 5.75 Å². The topological polar surface area (TPSA) is 78.1 Å². The highest BCUT2D eigenvalue weighted by Gasteiger charge is 2.10. The number of aromatic nitrogens is 2. The Morgan fingerprint density at radius 1 is 0.882 bits per heavy atom. The average Bonchev–Trinajstić information content (AvgIpc) is 2.87. The Morgan fingerprint density at radius 2 is 1.65 bits per heavy atom. The molecule has 0 saturated heterocycles. The molecule has 5 nitrogen and oxygen atoms in total. The van der Waals surface area contributed by atoms with Crippen LogP contribution >= 0.6 is 0 Å². The van der Waals surface area contributed by atoms with Crippen molar-refractivity contribution in [2.45, 2.75) is 19.8 Å². The van der Waals surface area contributed by atoms with Crippen molar-refractivity contribution in [2.24, 2.45) is 0 Å². The molecule has 0 unspecified atom stereocenters. The molecule has 0 aliphatic heterocycles. The number of anilines is 1. The van der Waals surface area contributed by atoms with Gasteiger partial charge in [-0.15, -0.1) is 0 Å². The third kappa shape index (κ3) is 4.59. The highest BCUT2D eigenvalue weighted by Crippen LogP contribution is 2.28. The maximum absolute atomic E-state index is 12.2. The van der Waals surface area contributed by atoms with Gasteiger partial charge in [0.05, 0.1) is 5.52 Å². The number of nitrogens with two attached hydrogens (primary N) is 1. The van der Waals surface area contributed by atoms with E-state index in [0.29, 0.717) is 17.1 Å². The summed E-state index contributed by atoms with van der Waals surface area (Å²) in [6.45, 7) is 2.07. The van der Waals surface area contributed by atoms with Crippen LogP contribution in [0, 0.1) is 6.92 Å². The monoisotopic (exact) mass is 447 g/mol. The number of nitrogens with zero attached hydrogens (tertiary/aromatic N) is 2. The summed E-state index contributed by atoms with van der Waals surface area (Å²) in [5, 5.41) is 2.10. The predicted octanol–water partition coefficient (Wildman–Crippen LogP) is 5.72. The zero-order valence-corrected chi connectivity index (χ0v) is 19.0. The molecule has 0 fully saturated rings. The van der Waals surface area contributed by atoms with Crippen LogP contribution in [0.2, 0.25) is 0 Å². The van der Waals surface area contributed by atoms with Gasteiger partial charge in [-0.1, -0.05) is 54.6 Å².